The largest absolute Gasteiger partial charge is 0.467 e. The molecule has 160 valence electrons. The van der Waals surface area contributed by atoms with Crippen molar-refractivity contribution in [2.45, 2.75) is 49.0 Å². The third kappa shape index (κ3) is 4.55. The van der Waals surface area contributed by atoms with Gasteiger partial charge in [-0.2, -0.15) is 4.31 Å². The molecule has 0 unspecified atom stereocenters. The molecular weight excluding hydrogens is 439 g/mol. The van der Waals surface area contributed by atoms with E-state index in [4.69, 9.17) is 27.9 Å². The van der Waals surface area contributed by atoms with Crippen molar-refractivity contribution in [2.24, 2.45) is 5.92 Å². The number of nitrogens with one attached hydrogen (secondary N) is 1. The molecule has 1 amide bonds. The zero-order valence-electron chi connectivity index (χ0n) is 16.1. The zero-order valence-corrected chi connectivity index (χ0v) is 18.4. The molecular formula is C19H24Cl2N2O5S. The van der Waals surface area contributed by atoms with Gasteiger partial charge in [0, 0.05) is 24.0 Å². The van der Waals surface area contributed by atoms with E-state index in [9.17, 15) is 18.0 Å². The van der Waals surface area contributed by atoms with Crippen LogP contribution in [0.4, 0.5) is 0 Å². The summed E-state index contributed by atoms with van der Waals surface area (Å²) in [4.78, 5) is 24.9. The molecule has 0 radical (unpaired) electrons. The summed E-state index contributed by atoms with van der Waals surface area (Å²) in [5.41, 5.74) is -0.955. The summed E-state index contributed by atoms with van der Waals surface area (Å²) in [7, 11) is -2.49. The summed E-state index contributed by atoms with van der Waals surface area (Å²) in [6, 6.07) is 4.31. The van der Waals surface area contributed by atoms with Crippen LogP contribution < -0.4 is 5.32 Å². The second-order valence-electron chi connectivity index (χ2n) is 7.52. The van der Waals surface area contributed by atoms with E-state index in [1.54, 1.807) is 0 Å². The molecule has 1 aromatic carbocycles. The highest BCUT2D eigenvalue weighted by Crippen LogP contribution is 2.33. The lowest BCUT2D eigenvalue weighted by molar-refractivity contribution is -0.151. The van der Waals surface area contributed by atoms with Crippen LogP contribution in [0, 0.1) is 5.92 Å². The Kier molecular flexibility index (Phi) is 6.77. The highest BCUT2D eigenvalue weighted by atomic mass is 35.5. The lowest BCUT2D eigenvalue weighted by atomic mass is 9.92. The first-order chi connectivity index (χ1) is 13.7. The molecule has 2 aliphatic rings. The number of benzene rings is 1. The fourth-order valence-electron chi connectivity index (χ4n) is 4.06. The number of carbonyl (C=O) groups excluding carboxylic acids is 2. The Labute approximate surface area is 180 Å². The molecule has 1 saturated heterocycles. The van der Waals surface area contributed by atoms with Crippen molar-refractivity contribution in [1.82, 2.24) is 9.62 Å². The number of nitrogens with zero attached hydrogens (tertiary/aromatic N) is 1. The van der Waals surface area contributed by atoms with Gasteiger partial charge in [-0.15, -0.1) is 0 Å². The van der Waals surface area contributed by atoms with Crippen LogP contribution in [0.5, 0.6) is 0 Å². The van der Waals surface area contributed by atoms with Crippen molar-refractivity contribution in [3.05, 3.63) is 28.2 Å². The number of rotatable bonds is 5. The Hall–Kier alpha value is -1.35. The molecule has 0 atom stereocenters. The van der Waals surface area contributed by atoms with E-state index < -0.39 is 21.5 Å². The molecule has 3 rings (SSSR count). The molecule has 1 aromatic rings. The first-order valence-electron chi connectivity index (χ1n) is 9.55. The van der Waals surface area contributed by atoms with Gasteiger partial charge in [0.25, 0.3) is 0 Å². The minimum absolute atomic E-state index is 0.0369. The van der Waals surface area contributed by atoms with Crippen LogP contribution in [-0.2, 0) is 24.3 Å². The van der Waals surface area contributed by atoms with E-state index in [1.807, 2.05) is 0 Å². The minimum atomic E-state index is -3.81. The van der Waals surface area contributed by atoms with Gasteiger partial charge in [0.2, 0.25) is 15.9 Å². The first-order valence-corrected chi connectivity index (χ1v) is 11.7. The van der Waals surface area contributed by atoms with Crippen LogP contribution in [0.3, 0.4) is 0 Å². The summed E-state index contributed by atoms with van der Waals surface area (Å²) in [6.45, 7) is 0.378. The molecule has 29 heavy (non-hydrogen) atoms. The topological polar surface area (TPSA) is 92.8 Å². The van der Waals surface area contributed by atoms with Gasteiger partial charge in [-0.1, -0.05) is 36.0 Å². The number of hydrogen-bond donors (Lipinski definition) is 1. The first kappa shape index (κ1) is 22.3. The van der Waals surface area contributed by atoms with Crippen molar-refractivity contribution in [3.8, 4) is 0 Å². The Morgan fingerprint density at radius 2 is 1.79 bits per heavy atom. The molecule has 10 heteroatoms. The monoisotopic (exact) mass is 462 g/mol. The average molecular weight is 463 g/mol. The Morgan fingerprint density at radius 1 is 1.17 bits per heavy atom. The summed E-state index contributed by atoms with van der Waals surface area (Å²) >= 11 is 12.0. The maximum absolute atomic E-state index is 12.9. The van der Waals surface area contributed by atoms with Crippen LogP contribution in [0.2, 0.25) is 10.0 Å². The number of carbonyl (C=O) groups is 2. The average Bonchev–Trinajstić information content (AvgIpc) is 3.18. The highest BCUT2D eigenvalue weighted by Gasteiger charge is 2.45. The van der Waals surface area contributed by atoms with Gasteiger partial charge < -0.3 is 10.1 Å². The Morgan fingerprint density at radius 3 is 2.38 bits per heavy atom. The molecule has 1 heterocycles. The number of methoxy groups -OCH3 is 1. The van der Waals surface area contributed by atoms with E-state index in [0.717, 1.165) is 12.8 Å². The maximum Gasteiger partial charge on any atom is 0.331 e. The standard InChI is InChI=1S/C19H24Cl2N2O5S/c1-28-18(25)19(8-2-3-9-19)22-17(24)13-6-10-23(11-7-13)29(26,27)16-12-14(20)4-5-15(16)21/h4-5,12-13H,2-3,6-11H2,1H3,(H,22,24). The van der Waals surface area contributed by atoms with E-state index >= 15 is 0 Å². The van der Waals surface area contributed by atoms with Crippen LogP contribution in [0.1, 0.15) is 38.5 Å². The lowest BCUT2D eigenvalue weighted by Crippen LogP contribution is -2.55. The zero-order chi connectivity index (χ0) is 21.2. The summed E-state index contributed by atoms with van der Waals surface area (Å²) in [6.07, 6.45) is 3.55. The SMILES string of the molecule is COC(=O)C1(NC(=O)C2CCN(S(=O)(=O)c3cc(Cl)ccc3Cl)CC2)CCCC1. The van der Waals surface area contributed by atoms with Crippen LogP contribution in [-0.4, -0.2) is 50.3 Å². The predicted molar refractivity (Wildman–Crippen MR) is 109 cm³/mol. The maximum atomic E-state index is 12.9. The summed E-state index contributed by atoms with van der Waals surface area (Å²) < 4.78 is 32.0. The number of hydrogen-bond acceptors (Lipinski definition) is 5. The van der Waals surface area contributed by atoms with Crippen molar-refractivity contribution in [1.29, 1.82) is 0 Å². The summed E-state index contributed by atoms with van der Waals surface area (Å²) in [5.74, 6) is -1.01. The molecule has 1 aliphatic carbocycles. The van der Waals surface area contributed by atoms with Gasteiger partial charge in [-0.25, -0.2) is 13.2 Å². The number of esters is 1. The van der Waals surface area contributed by atoms with Crippen LogP contribution in [0.15, 0.2) is 23.1 Å². The predicted octanol–water partition coefficient (Wildman–Crippen LogP) is 3.00. The quantitative estimate of drug-likeness (QED) is 0.678. The molecule has 0 spiro atoms. The normalized spacial score (nSPS) is 20.4. The molecule has 1 aliphatic heterocycles. The lowest BCUT2D eigenvalue weighted by Gasteiger charge is -2.33. The molecule has 0 bridgehead atoms. The van der Waals surface area contributed by atoms with Gasteiger partial charge in [0.05, 0.1) is 12.1 Å². The van der Waals surface area contributed by atoms with Crippen molar-refractivity contribution in [2.75, 3.05) is 20.2 Å². The van der Waals surface area contributed by atoms with Gasteiger partial charge in [0.15, 0.2) is 0 Å². The number of ether oxygens (including phenoxy) is 1. The second-order valence-corrected chi connectivity index (χ2v) is 10.3. The third-order valence-electron chi connectivity index (χ3n) is 5.73. The number of sulfonamides is 1. The fraction of sp³-hybridized carbons (Fsp3) is 0.579. The molecule has 7 nitrogen and oxygen atoms in total. The smallest absolute Gasteiger partial charge is 0.331 e. The van der Waals surface area contributed by atoms with E-state index in [-0.39, 0.29) is 39.9 Å². The van der Waals surface area contributed by atoms with Gasteiger partial charge in [-0.05, 0) is 43.9 Å². The van der Waals surface area contributed by atoms with E-state index in [2.05, 4.69) is 5.32 Å². The van der Waals surface area contributed by atoms with Crippen LogP contribution >= 0.6 is 23.2 Å². The van der Waals surface area contributed by atoms with Gasteiger partial charge in [-0.3, -0.25) is 4.79 Å². The molecule has 0 aromatic heterocycles. The molecule has 1 saturated carbocycles. The molecule has 1 N–H and O–H groups in total. The van der Waals surface area contributed by atoms with E-state index in [0.29, 0.717) is 25.7 Å². The number of amides is 1. The molecule has 2 fully saturated rings. The Bertz CT molecular complexity index is 892. The third-order valence-corrected chi connectivity index (χ3v) is 8.35. The van der Waals surface area contributed by atoms with E-state index in [1.165, 1.54) is 29.6 Å². The summed E-state index contributed by atoms with van der Waals surface area (Å²) in [5, 5.41) is 3.29. The van der Waals surface area contributed by atoms with Gasteiger partial charge in [0.1, 0.15) is 10.4 Å². The van der Waals surface area contributed by atoms with Crippen molar-refractivity contribution >= 4 is 45.1 Å². The number of halogens is 2. The van der Waals surface area contributed by atoms with Crippen molar-refractivity contribution < 1.29 is 22.7 Å². The highest BCUT2D eigenvalue weighted by molar-refractivity contribution is 7.89. The fourth-order valence-corrected chi connectivity index (χ4v) is 6.27. The van der Waals surface area contributed by atoms with Crippen LogP contribution in [0.25, 0.3) is 0 Å². The van der Waals surface area contributed by atoms with Gasteiger partial charge >= 0.3 is 5.97 Å². The minimum Gasteiger partial charge on any atom is -0.467 e. The second kappa shape index (κ2) is 8.79. The Balaban J connectivity index is 1.66. The number of piperidine rings is 1. The van der Waals surface area contributed by atoms with Crippen molar-refractivity contribution in [3.63, 3.8) is 0 Å².